The van der Waals surface area contributed by atoms with Crippen molar-refractivity contribution in [3.63, 3.8) is 0 Å². The van der Waals surface area contributed by atoms with Gasteiger partial charge in [-0.25, -0.2) is 4.39 Å². The molecule has 2 aromatic rings. The summed E-state index contributed by atoms with van der Waals surface area (Å²) in [5.41, 5.74) is 2.31. The third-order valence-corrected chi connectivity index (χ3v) is 6.82. The van der Waals surface area contributed by atoms with E-state index in [9.17, 15) is 4.39 Å². The van der Waals surface area contributed by atoms with Crippen LogP contribution in [0.3, 0.4) is 0 Å². The molecule has 0 saturated carbocycles. The van der Waals surface area contributed by atoms with Crippen molar-refractivity contribution in [2.75, 3.05) is 33.5 Å². The van der Waals surface area contributed by atoms with Gasteiger partial charge in [-0.2, -0.15) is 0 Å². The van der Waals surface area contributed by atoms with Crippen molar-refractivity contribution in [2.24, 2.45) is 0 Å². The highest BCUT2D eigenvalue weighted by Gasteiger charge is 2.49. The zero-order valence-corrected chi connectivity index (χ0v) is 18.9. The van der Waals surface area contributed by atoms with Crippen LogP contribution in [0.4, 0.5) is 4.39 Å². The first-order valence-electron chi connectivity index (χ1n) is 11.6. The van der Waals surface area contributed by atoms with E-state index < -0.39 is 0 Å². The largest absolute Gasteiger partial charge is 0.494 e. The Balaban J connectivity index is 1.48. The molecule has 0 aromatic heterocycles. The van der Waals surface area contributed by atoms with Crippen molar-refractivity contribution in [3.05, 3.63) is 65.5 Å². The molecular formula is C26H35FN2O2. The lowest BCUT2D eigenvalue weighted by Crippen LogP contribution is -2.52. The van der Waals surface area contributed by atoms with E-state index in [4.69, 9.17) is 9.47 Å². The molecular weight excluding hydrogens is 391 g/mol. The predicted octanol–water partition coefficient (Wildman–Crippen LogP) is 4.87. The van der Waals surface area contributed by atoms with Crippen LogP contribution in [-0.2, 0) is 17.7 Å². The average Bonchev–Trinajstić information content (AvgIpc) is 3.10. The SMILES string of the molecule is CCCCOc1ccc(CN2COC3(CCN(C)CC3)C2Cc2ccc(F)cc2)cc1. The van der Waals surface area contributed by atoms with Crippen LogP contribution in [0.25, 0.3) is 0 Å². The number of benzene rings is 2. The summed E-state index contributed by atoms with van der Waals surface area (Å²) in [6, 6.07) is 15.7. The standard InChI is InChI=1S/C26H35FN2O2/c1-3-4-17-30-24-11-7-22(8-12-24)19-29-20-31-26(13-15-28(2)16-14-26)25(29)18-21-5-9-23(27)10-6-21/h5-12,25H,3-4,13-20H2,1-2H3. The number of likely N-dealkylation sites (tertiary alicyclic amines) is 1. The van der Waals surface area contributed by atoms with E-state index in [1.165, 1.54) is 11.1 Å². The van der Waals surface area contributed by atoms with Crippen LogP contribution >= 0.6 is 0 Å². The molecule has 2 aromatic carbocycles. The monoisotopic (exact) mass is 426 g/mol. The number of piperidine rings is 1. The summed E-state index contributed by atoms with van der Waals surface area (Å²) in [5.74, 6) is 0.753. The number of hydrogen-bond donors (Lipinski definition) is 0. The molecule has 0 amide bonds. The molecule has 2 saturated heterocycles. The van der Waals surface area contributed by atoms with Crippen molar-refractivity contribution in [2.45, 2.75) is 57.2 Å². The Hall–Kier alpha value is -1.95. The normalized spacial score (nSPS) is 21.6. The van der Waals surface area contributed by atoms with Crippen molar-refractivity contribution in [1.29, 1.82) is 0 Å². The van der Waals surface area contributed by atoms with Crippen LogP contribution in [0.2, 0.25) is 0 Å². The lowest BCUT2D eigenvalue weighted by Gasteiger charge is -2.42. The summed E-state index contributed by atoms with van der Waals surface area (Å²) in [6.45, 7) is 6.54. The number of unbranched alkanes of at least 4 members (excludes halogenated alkanes) is 1. The molecule has 2 fully saturated rings. The van der Waals surface area contributed by atoms with Gasteiger partial charge in [0.15, 0.2) is 0 Å². The van der Waals surface area contributed by atoms with Gasteiger partial charge in [0, 0.05) is 25.7 Å². The second-order valence-corrected chi connectivity index (χ2v) is 9.08. The number of nitrogens with zero attached hydrogens (tertiary/aromatic N) is 2. The number of halogens is 1. The maximum atomic E-state index is 13.4. The fraction of sp³-hybridized carbons (Fsp3) is 0.538. The minimum Gasteiger partial charge on any atom is -0.494 e. The number of ether oxygens (including phenoxy) is 2. The summed E-state index contributed by atoms with van der Waals surface area (Å²) in [4.78, 5) is 4.84. The van der Waals surface area contributed by atoms with Gasteiger partial charge in [-0.15, -0.1) is 0 Å². The van der Waals surface area contributed by atoms with Gasteiger partial charge in [0.05, 0.1) is 12.2 Å². The van der Waals surface area contributed by atoms with Crippen LogP contribution in [-0.4, -0.2) is 54.9 Å². The Morgan fingerprint density at radius 2 is 1.71 bits per heavy atom. The van der Waals surface area contributed by atoms with Gasteiger partial charge in [-0.05, 0) is 68.1 Å². The van der Waals surface area contributed by atoms with Gasteiger partial charge in [0.25, 0.3) is 0 Å². The Bertz CT molecular complexity index is 816. The van der Waals surface area contributed by atoms with Gasteiger partial charge >= 0.3 is 0 Å². The Morgan fingerprint density at radius 1 is 1.03 bits per heavy atom. The molecule has 168 valence electrons. The van der Waals surface area contributed by atoms with Crippen LogP contribution in [0.1, 0.15) is 43.7 Å². The third kappa shape index (κ3) is 5.46. The van der Waals surface area contributed by atoms with E-state index in [1.807, 2.05) is 12.1 Å². The van der Waals surface area contributed by atoms with Gasteiger partial charge in [0.1, 0.15) is 18.3 Å². The minimum atomic E-state index is -0.182. The average molecular weight is 427 g/mol. The van der Waals surface area contributed by atoms with Gasteiger partial charge in [-0.3, -0.25) is 4.90 Å². The maximum absolute atomic E-state index is 13.4. The Labute approximate surface area is 185 Å². The number of rotatable bonds is 8. The van der Waals surface area contributed by atoms with Crippen LogP contribution in [0.15, 0.2) is 48.5 Å². The highest BCUT2D eigenvalue weighted by molar-refractivity contribution is 5.28. The van der Waals surface area contributed by atoms with E-state index in [2.05, 4.69) is 48.0 Å². The molecule has 2 aliphatic heterocycles. The second-order valence-electron chi connectivity index (χ2n) is 9.08. The fourth-order valence-electron chi connectivity index (χ4n) is 4.78. The molecule has 4 rings (SSSR count). The molecule has 5 heteroatoms. The summed E-state index contributed by atoms with van der Waals surface area (Å²) >= 11 is 0. The molecule has 2 heterocycles. The molecule has 2 aliphatic rings. The predicted molar refractivity (Wildman–Crippen MR) is 122 cm³/mol. The van der Waals surface area contributed by atoms with E-state index >= 15 is 0 Å². The van der Waals surface area contributed by atoms with Gasteiger partial charge < -0.3 is 14.4 Å². The van der Waals surface area contributed by atoms with E-state index in [-0.39, 0.29) is 17.5 Å². The van der Waals surface area contributed by atoms with Gasteiger partial charge in [0.2, 0.25) is 0 Å². The molecule has 1 spiro atoms. The summed E-state index contributed by atoms with van der Waals surface area (Å²) < 4.78 is 25.8. The van der Waals surface area contributed by atoms with Crippen LogP contribution in [0.5, 0.6) is 5.75 Å². The van der Waals surface area contributed by atoms with Crippen molar-refractivity contribution >= 4 is 0 Å². The second kappa shape index (κ2) is 10.1. The first kappa shape index (κ1) is 22.3. The molecule has 4 nitrogen and oxygen atoms in total. The first-order chi connectivity index (χ1) is 15.1. The lowest BCUT2D eigenvalue weighted by molar-refractivity contribution is -0.0478. The van der Waals surface area contributed by atoms with E-state index in [1.54, 1.807) is 12.1 Å². The first-order valence-corrected chi connectivity index (χ1v) is 11.6. The maximum Gasteiger partial charge on any atom is 0.123 e. The van der Waals surface area contributed by atoms with Crippen molar-refractivity contribution in [3.8, 4) is 5.75 Å². The zero-order valence-electron chi connectivity index (χ0n) is 18.9. The zero-order chi connectivity index (χ0) is 21.7. The van der Waals surface area contributed by atoms with Crippen molar-refractivity contribution < 1.29 is 13.9 Å². The molecule has 0 radical (unpaired) electrons. The molecule has 0 bridgehead atoms. The lowest BCUT2D eigenvalue weighted by atomic mass is 9.81. The molecule has 1 unspecified atom stereocenters. The third-order valence-electron chi connectivity index (χ3n) is 6.82. The smallest absolute Gasteiger partial charge is 0.123 e. The van der Waals surface area contributed by atoms with Crippen molar-refractivity contribution in [1.82, 2.24) is 9.80 Å². The molecule has 0 aliphatic carbocycles. The van der Waals surface area contributed by atoms with Crippen LogP contribution in [0, 0.1) is 5.82 Å². The molecule has 1 atom stereocenters. The van der Waals surface area contributed by atoms with Crippen LogP contribution < -0.4 is 4.74 Å². The van der Waals surface area contributed by atoms with E-state index in [0.29, 0.717) is 6.73 Å². The fourth-order valence-corrected chi connectivity index (χ4v) is 4.78. The highest BCUT2D eigenvalue weighted by Crippen LogP contribution is 2.39. The quantitative estimate of drug-likeness (QED) is 0.562. The summed E-state index contributed by atoms with van der Waals surface area (Å²) in [5, 5.41) is 0. The van der Waals surface area contributed by atoms with Gasteiger partial charge in [-0.1, -0.05) is 37.6 Å². The number of hydrogen-bond acceptors (Lipinski definition) is 4. The summed E-state index contributed by atoms with van der Waals surface area (Å²) in [6.07, 6.45) is 5.17. The van der Waals surface area contributed by atoms with E-state index in [0.717, 1.165) is 64.1 Å². The molecule has 0 N–H and O–H groups in total. The summed E-state index contributed by atoms with van der Waals surface area (Å²) in [7, 11) is 2.18. The minimum absolute atomic E-state index is 0.121. The molecule has 31 heavy (non-hydrogen) atoms. The Morgan fingerprint density at radius 3 is 2.39 bits per heavy atom. The topological polar surface area (TPSA) is 24.9 Å². The Kier molecular flexibility index (Phi) is 7.26. The highest BCUT2D eigenvalue weighted by atomic mass is 19.1.